The molecule has 0 amide bonds. The quantitative estimate of drug-likeness (QED) is 0.808. The van der Waals surface area contributed by atoms with Gasteiger partial charge in [-0.1, -0.05) is 12.1 Å². The van der Waals surface area contributed by atoms with E-state index in [9.17, 15) is 0 Å². The number of aromatic nitrogens is 2. The molecule has 0 bridgehead atoms. The Morgan fingerprint density at radius 2 is 2.25 bits per heavy atom. The van der Waals surface area contributed by atoms with Crippen LogP contribution in [0.1, 0.15) is 24.2 Å². The van der Waals surface area contributed by atoms with Crippen LogP contribution in [0.15, 0.2) is 18.2 Å². The third-order valence-corrected chi connectivity index (χ3v) is 4.58. The van der Waals surface area contributed by atoms with Crippen molar-refractivity contribution in [3.8, 4) is 0 Å². The first kappa shape index (κ1) is 13.9. The van der Waals surface area contributed by atoms with Crippen molar-refractivity contribution in [1.29, 1.82) is 0 Å². The molecule has 3 nitrogen and oxygen atoms in total. The predicted octanol–water partition coefficient (Wildman–Crippen LogP) is 3.43. The Hall–Kier alpha value is -1.06. The lowest BCUT2D eigenvalue weighted by molar-refractivity contribution is 0.195. The molecular formula is C16H22ClN3. The minimum absolute atomic E-state index is 0.483. The van der Waals surface area contributed by atoms with Crippen molar-refractivity contribution in [2.45, 2.75) is 32.2 Å². The third kappa shape index (κ3) is 2.57. The summed E-state index contributed by atoms with van der Waals surface area (Å²) in [6.45, 7) is 5.55. The molecule has 1 aromatic heterocycles. The van der Waals surface area contributed by atoms with Crippen LogP contribution in [-0.2, 0) is 12.4 Å². The van der Waals surface area contributed by atoms with Crippen LogP contribution >= 0.6 is 11.6 Å². The Balaban J connectivity index is 1.95. The third-order valence-electron chi connectivity index (χ3n) is 4.34. The Morgan fingerprint density at radius 1 is 1.40 bits per heavy atom. The molecule has 108 valence electrons. The summed E-state index contributed by atoms with van der Waals surface area (Å²) in [6.07, 6.45) is 2.60. The van der Waals surface area contributed by atoms with Gasteiger partial charge in [-0.3, -0.25) is 0 Å². The topological polar surface area (TPSA) is 21.1 Å². The fourth-order valence-corrected chi connectivity index (χ4v) is 3.53. The summed E-state index contributed by atoms with van der Waals surface area (Å²) in [6, 6.07) is 6.39. The molecule has 1 aliphatic heterocycles. The molecule has 1 saturated heterocycles. The molecule has 20 heavy (non-hydrogen) atoms. The van der Waals surface area contributed by atoms with Crippen molar-refractivity contribution < 1.29 is 0 Å². The zero-order valence-electron chi connectivity index (χ0n) is 12.3. The first-order valence-electron chi connectivity index (χ1n) is 7.38. The van der Waals surface area contributed by atoms with Gasteiger partial charge in [0.2, 0.25) is 0 Å². The number of hydrogen-bond donors (Lipinski definition) is 0. The number of piperidine rings is 1. The van der Waals surface area contributed by atoms with Gasteiger partial charge < -0.3 is 9.47 Å². The highest BCUT2D eigenvalue weighted by atomic mass is 35.5. The summed E-state index contributed by atoms with van der Waals surface area (Å²) in [5.41, 5.74) is 3.56. The second-order valence-corrected chi connectivity index (χ2v) is 6.25. The summed E-state index contributed by atoms with van der Waals surface area (Å²) in [7, 11) is 2.21. The van der Waals surface area contributed by atoms with Gasteiger partial charge in [0.1, 0.15) is 5.82 Å². The highest BCUT2D eigenvalue weighted by Crippen LogP contribution is 2.24. The van der Waals surface area contributed by atoms with Crippen LogP contribution in [0.5, 0.6) is 0 Å². The number of hydrogen-bond acceptors (Lipinski definition) is 2. The maximum absolute atomic E-state index is 6.11. The number of alkyl halides is 1. The zero-order chi connectivity index (χ0) is 14.1. The second kappa shape index (κ2) is 5.74. The molecular weight excluding hydrogens is 270 g/mol. The van der Waals surface area contributed by atoms with Gasteiger partial charge in [0.25, 0.3) is 0 Å². The van der Waals surface area contributed by atoms with Gasteiger partial charge in [-0.15, -0.1) is 11.6 Å². The van der Waals surface area contributed by atoms with Crippen LogP contribution in [0.25, 0.3) is 11.0 Å². The van der Waals surface area contributed by atoms with Gasteiger partial charge in [0, 0.05) is 13.1 Å². The Bertz CT molecular complexity index is 605. The van der Waals surface area contributed by atoms with E-state index in [2.05, 4.69) is 41.6 Å². The second-order valence-electron chi connectivity index (χ2n) is 5.99. The lowest BCUT2D eigenvalue weighted by atomic mass is 9.98. The molecule has 3 rings (SSSR count). The van der Waals surface area contributed by atoms with Crippen molar-refractivity contribution in [2.24, 2.45) is 5.92 Å². The van der Waals surface area contributed by atoms with Crippen molar-refractivity contribution >= 4 is 22.6 Å². The number of halogens is 1. The van der Waals surface area contributed by atoms with E-state index in [4.69, 9.17) is 16.6 Å². The van der Waals surface area contributed by atoms with E-state index in [-0.39, 0.29) is 0 Å². The molecule has 1 unspecified atom stereocenters. The first-order valence-corrected chi connectivity index (χ1v) is 7.91. The molecule has 1 fully saturated rings. The summed E-state index contributed by atoms with van der Waals surface area (Å²) < 4.78 is 2.33. The molecule has 1 atom stereocenters. The smallest absolute Gasteiger partial charge is 0.124 e. The molecule has 1 aliphatic rings. The highest BCUT2D eigenvalue weighted by molar-refractivity contribution is 6.16. The van der Waals surface area contributed by atoms with E-state index in [0.29, 0.717) is 11.8 Å². The van der Waals surface area contributed by atoms with Gasteiger partial charge in [0.15, 0.2) is 0 Å². The van der Waals surface area contributed by atoms with E-state index in [1.54, 1.807) is 0 Å². The number of likely N-dealkylation sites (tertiary alicyclic amines) is 1. The first-order chi connectivity index (χ1) is 9.69. The molecule has 4 heteroatoms. The van der Waals surface area contributed by atoms with Crippen molar-refractivity contribution in [3.63, 3.8) is 0 Å². The Kier molecular flexibility index (Phi) is 3.99. The number of para-hydroxylation sites is 1. The SMILES string of the molecule is Cc1cccc2c1nc(CCl)n2CC1CCCN(C)C1. The summed E-state index contributed by atoms with van der Waals surface area (Å²) >= 11 is 6.11. The summed E-state index contributed by atoms with van der Waals surface area (Å²) in [5.74, 6) is 2.19. The standard InChI is InChI=1S/C16H22ClN3/c1-12-5-3-7-14-16(12)18-15(9-17)20(14)11-13-6-4-8-19(2)10-13/h3,5,7,13H,4,6,8-11H2,1-2H3. The van der Waals surface area contributed by atoms with Gasteiger partial charge in [0.05, 0.1) is 16.9 Å². The molecule has 2 aromatic rings. The zero-order valence-corrected chi connectivity index (χ0v) is 13.0. The summed E-state index contributed by atoms with van der Waals surface area (Å²) in [5, 5.41) is 0. The van der Waals surface area contributed by atoms with Crippen LogP contribution < -0.4 is 0 Å². The van der Waals surface area contributed by atoms with E-state index in [1.165, 1.54) is 37.0 Å². The van der Waals surface area contributed by atoms with E-state index < -0.39 is 0 Å². The summed E-state index contributed by atoms with van der Waals surface area (Å²) in [4.78, 5) is 7.16. The number of aryl methyl sites for hydroxylation is 1. The Morgan fingerprint density at radius 3 is 3.00 bits per heavy atom. The van der Waals surface area contributed by atoms with Crippen LogP contribution in [-0.4, -0.2) is 34.6 Å². The van der Waals surface area contributed by atoms with Gasteiger partial charge in [-0.25, -0.2) is 4.98 Å². The average Bonchev–Trinajstić information content (AvgIpc) is 2.79. The molecule has 0 N–H and O–H groups in total. The van der Waals surface area contributed by atoms with E-state index in [1.807, 2.05) is 0 Å². The number of nitrogens with zero attached hydrogens (tertiary/aromatic N) is 3. The van der Waals surface area contributed by atoms with E-state index >= 15 is 0 Å². The minimum Gasteiger partial charge on any atom is -0.327 e. The predicted molar refractivity (Wildman–Crippen MR) is 84.2 cm³/mol. The number of fused-ring (bicyclic) bond motifs is 1. The highest BCUT2D eigenvalue weighted by Gasteiger charge is 2.20. The fraction of sp³-hybridized carbons (Fsp3) is 0.562. The number of rotatable bonds is 3. The molecule has 1 aromatic carbocycles. The monoisotopic (exact) mass is 291 g/mol. The van der Waals surface area contributed by atoms with Crippen LogP contribution in [0.3, 0.4) is 0 Å². The Labute approximate surface area is 125 Å². The molecule has 0 aliphatic carbocycles. The van der Waals surface area contributed by atoms with Crippen LogP contribution in [0, 0.1) is 12.8 Å². The van der Waals surface area contributed by atoms with E-state index in [0.717, 1.165) is 17.9 Å². The maximum Gasteiger partial charge on any atom is 0.124 e. The fourth-order valence-electron chi connectivity index (χ4n) is 3.32. The molecule has 2 heterocycles. The van der Waals surface area contributed by atoms with Gasteiger partial charge in [-0.05, 0) is 50.9 Å². The van der Waals surface area contributed by atoms with Crippen molar-refractivity contribution in [2.75, 3.05) is 20.1 Å². The molecule has 0 radical (unpaired) electrons. The van der Waals surface area contributed by atoms with Gasteiger partial charge in [-0.2, -0.15) is 0 Å². The van der Waals surface area contributed by atoms with Crippen LogP contribution in [0.2, 0.25) is 0 Å². The average molecular weight is 292 g/mol. The lowest BCUT2D eigenvalue weighted by Crippen LogP contribution is -2.34. The van der Waals surface area contributed by atoms with Crippen molar-refractivity contribution in [1.82, 2.24) is 14.5 Å². The van der Waals surface area contributed by atoms with Crippen LogP contribution in [0.4, 0.5) is 0 Å². The molecule has 0 saturated carbocycles. The largest absolute Gasteiger partial charge is 0.327 e. The van der Waals surface area contributed by atoms with Crippen molar-refractivity contribution in [3.05, 3.63) is 29.6 Å². The number of imidazole rings is 1. The minimum atomic E-state index is 0.483. The normalized spacial score (nSPS) is 20.6. The molecule has 0 spiro atoms. The number of benzene rings is 1. The van der Waals surface area contributed by atoms with Gasteiger partial charge >= 0.3 is 0 Å². The maximum atomic E-state index is 6.11. The lowest BCUT2D eigenvalue weighted by Gasteiger charge is -2.30.